The maximum atomic E-state index is 11.4. The zero-order valence-corrected chi connectivity index (χ0v) is 9.57. The van der Waals surface area contributed by atoms with Gasteiger partial charge in [-0.1, -0.05) is 0 Å². The molecule has 0 amide bonds. The molecule has 0 aliphatic heterocycles. The Labute approximate surface area is 95.0 Å². The zero-order chi connectivity index (χ0) is 11.8. The van der Waals surface area contributed by atoms with Gasteiger partial charge in [-0.3, -0.25) is 9.59 Å². The van der Waals surface area contributed by atoms with E-state index in [2.05, 4.69) is 0 Å². The van der Waals surface area contributed by atoms with Crippen LogP contribution in [0.1, 0.15) is 32.1 Å². The van der Waals surface area contributed by atoms with Gasteiger partial charge in [-0.2, -0.15) is 0 Å². The fourth-order valence-electron chi connectivity index (χ4n) is 3.50. The minimum Gasteiger partial charge on any atom is -0.481 e. The molecular weight excluding hydrogens is 208 g/mol. The summed E-state index contributed by atoms with van der Waals surface area (Å²) in [5, 5.41) is 9.38. The molecule has 0 heterocycles. The zero-order valence-electron chi connectivity index (χ0n) is 9.57. The molecule has 1 N–H and O–H groups in total. The number of carboxylic acid groups (broad SMARTS) is 1. The summed E-state index contributed by atoms with van der Waals surface area (Å²) >= 11 is 0. The first-order valence-corrected chi connectivity index (χ1v) is 5.80. The maximum absolute atomic E-state index is 11.4. The van der Waals surface area contributed by atoms with Crippen LogP contribution in [-0.2, 0) is 14.3 Å². The van der Waals surface area contributed by atoms with Crippen LogP contribution in [0.25, 0.3) is 0 Å². The van der Waals surface area contributed by atoms with Crippen molar-refractivity contribution < 1.29 is 19.4 Å². The van der Waals surface area contributed by atoms with Crippen molar-refractivity contribution in [3.8, 4) is 0 Å². The molecule has 16 heavy (non-hydrogen) atoms. The van der Waals surface area contributed by atoms with E-state index in [0.29, 0.717) is 31.5 Å². The van der Waals surface area contributed by atoms with Crippen LogP contribution in [0.15, 0.2) is 0 Å². The monoisotopic (exact) mass is 226 g/mol. The van der Waals surface area contributed by atoms with Gasteiger partial charge in [0.2, 0.25) is 0 Å². The first-order chi connectivity index (χ1) is 7.55. The van der Waals surface area contributed by atoms with Crippen molar-refractivity contribution in [2.75, 3.05) is 13.7 Å². The summed E-state index contributed by atoms with van der Waals surface area (Å²) in [5.41, 5.74) is -0.747. The van der Waals surface area contributed by atoms with Crippen molar-refractivity contribution in [1.82, 2.24) is 0 Å². The van der Waals surface area contributed by atoms with Gasteiger partial charge in [0.1, 0.15) is 5.78 Å². The average molecular weight is 226 g/mol. The molecule has 2 aliphatic carbocycles. The minimum atomic E-state index is -0.765. The molecule has 2 saturated carbocycles. The fourth-order valence-corrected chi connectivity index (χ4v) is 3.50. The third-order valence-corrected chi connectivity index (χ3v) is 3.93. The van der Waals surface area contributed by atoms with Crippen LogP contribution in [0.4, 0.5) is 0 Å². The Hall–Kier alpha value is -0.900. The number of ether oxygens (including phenoxy) is 1. The second kappa shape index (κ2) is 4.17. The number of carboxylic acids is 1. The van der Waals surface area contributed by atoms with Gasteiger partial charge in [-0.15, -0.1) is 0 Å². The summed E-state index contributed by atoms with van der Waals surface area (Å²) in [6.45, 7) is 0.267. The summed E-state index contributed by atoms with van der Waals surface area (Å²) in [7, 11) is 1.54. The second-order valence-electron chi connectivity index (χ2n) is 5.34. The number of fused-ring (bicyclic) bond motifs is 2. The first-order valence-electron chi connectivity index (χ1n) is 5.80. The summed E-state index contributed by atoms with van der Waals surface area (Å²) in [6, 6.07) is 0. The molecule has 2 rings (SSSR count). The van der Waals surface area contributed by atoms with E-state index in [-0.39, 0.29) is 18.4 Å². The van der Waals surface area contributed by atoms with Crippen LogP contribution in [0, 0.1) is 17.3 Å². The highest BCUT2D eigenvalue weighted by molar-refractivity contribution is 5.81. The summed E-state index contributed by atoms with van der Waals surface area (Å²) < 4.78 is 5.07. The van der Waals surface area contributed by atoms with Crippen LogP contribution in [-0.4, -0.2) is 30.6 Å². The molecule has 2 bridgehead atoms. The van der Waals surface area contributed by atoms with Crippen molar-refractivity contribution >= 4 is 11.8 Å². The van der Waals surface area contributed by atoms with Gasteiger partial charge in [0.25, 0.3) is 0 Å². The first kappa shape index (κ1) is 11.6. The number of rotatable bonds is 3. The summed E-state index contributed by atoms with van der Waals surface area (Å²) in [6.07, 6.45) is 3.34. The molecule has 2 atom stereocenters. The van der Waals surface area contributed by atoms with Gasteiger partial charge >= 0.3 is 5.97 Å². The predicted molar refractivity (Wildman–Crippen MR) is 57.0 cm³/mol. The Morgan fingerprint density at radius 1 is 1.44 bits per heavy atom. The van der Waals surface area contributed by atoms with Crippen molar-refractivity contribution in [1.29, 1.82) is 0 Å². The van der Waals surface area contributed by atoms with E-state index < -0.39 is 11.4 Å². The number of hydrogen-bond acceptors (Lipinski definition) is 3. The molecular formula is C12H18O4. The SMILES string of the molecule is COCC1(C(=O)O)CC2CC(=O)CC(C2)C1. The quantitative estimate of drug-likeness (QED) is 0.791. The van der Waals surface area contributed by atoms with E-state index in [1.54, 1.807) is 7.11 Å². The van der Waals surface area contributed by atoms with Crippen LogP contribution in [0.5, 0.6) is 0 Å². The van der Waals surface area contributed by atoms with Crippen LogP contribution < -0.4 is 0 Å². The van der Waals surface area contributed by atoms with Crippen molar-refractivity contribution in [3.63, 3.8) is 0 Å². The Kier molecular flexibility index (Phi) is 3.02. The van der Waals surface area contributed by atoms with Crippen molar-refractivity contribution in [3.05, 3.63) is 0 Å². The number of aliphatic carboxylic acids is 1. The molecule has 2 unspecified atom stereocenters. The lowest BCUT2D eigenvalue weighted by Gasteiger charge is -2.43. The molecule has 0 aromatic heterocycles. The molecule has 4 nitrogen and oxygen atoms in total. The van der Waals surface area contributed by atoms with E-state index in [9.17, 15) is 14.7 Å². The molecule has 0 radical (unpaired) electrons. The summed E-state index contributed by atoms with van der Waals surface area (Å²) in [4.78, 5) is 22.9. The molecule has 0 aromatic rings. The second-order valence-corrected chi connectivity index (χ2v) is 5.34. The standard InChI is InChI=1S/C12H18O4/c1-16-7-12(11(14)15)5-8-2-9(6-12)4-10(13)3-8/h8-9H,2-7H2,1H3,(H,14,15). The number of ketones is 1. The minimum absolute atomic E-state index is 0.256. The lowest BCUT2D eigenvalue weighted by molar-refractivity contribution is -0.160. The number of carbonyl (C=O) groups excluding carboxylic acids is 1. The topological polar surface area (TPSA) is 63.6 Å². The molecule has 0 saturated heterocycles. The number of Topliss-reactive ketones (excluding diaryl/α,β-unsaturated/α-hetero) is 1. The van der Waals surface area contributed by atoms with Gasteiger partial charge in [-0.25, -0.2) is 0 Å². The van der Waals surface area contributed by atoms with E-state index in [1.807, 2.05) is 0 Å². The number of carbonyl (C=O) groups is 2. The fraction of sp³-hybridized carbons (Fsp3) is 0.833. The Balaban J connectivity index is 2.17. The number of hydrogen-bond donors (Lipinski definition) is 1. The van der Waals surface area contributed by atoms with Crippen molar-refractivity contribution in [2.24, 2.45) is 17.3 Å². The summed E-state index contributed by atoms with van der Waals surface area (Å²) in [5.74, 6) is 0.0496. The van der Waals surface area contributed by atoms with E-state index >= 15 is 0 Å². The van der Waals surface area contributed by atoms with E-state index in [0.717, 1.165) is 6.42 Å². The highest BCUT2D eigenvalue weighted by Gasteiger charge is 2.48. The lowest BCUT2D eigenvalue weighted by atomic mass is 9.61. The van der Waals surface area contributed by atoms with E-state index in [1.165, 1.54) is 0 Å². The largest absolute Gasteiger partial charge is 0.481 e. The van der Waals surface area contributed by atoms with Gasteiger partial charge in [-0.05, 0) is 31.1 Å². The maximum Gasteiger partial charge on any atom is 0.312 e. The van der Waals surface area contributed by atoms with Gasteiger partial charge in [0.15, 0.2) is 0 Å². The third kappa shape index (κ3) is 1.98. The highest BCUT2D eigenvalue weighted by atomic mass is 16.5. The van der Waals surface area contributed by atoms with Crippen molar-refractivity contribution in [2.45, 2.75) is 32.1 Å². The molecule has 4 heteroatoms. The van der Waals surface area contributed by atoms with Crippen LogP contribution in [0.2, 0.25) is 0 Å². The average Bonchev–Trinajstić information content (AvgIpc) is 2.15. The van der Waals surface area contributed by atoms with Crippen LogP contribution in [0.3, 0.4) is 0 Å². The van der Waals surface area contributed by atoms with E-state index in [4.69, 9.17) is 4.74 Å². The lowest BCUT2D eigenvalue weighted by Crippen LogP contribution is -2.45. The predicted octanol–water partition coefficient (Wildman–Crippen LogP) is 1.48. The number of methoxy groups -OCH3 is 1. The molecule has 0 spiro atoms. The smallest absolute Gasteiger partial charge is 0.312 e. The molecule has 2 aliphatic rings. The Morgan fingerprint density at radius 2 is 2.00 bits per heavy atom. The third-order valence-electron chi connectivity index (χ3n) is 3.93. The van der Waals surface area contributed by atoms with Gasteiger partial charge in [0, 0.05) is 20.0 Å². The molecule has 2 fully saturated rings. The Bertz CT molecular complexity index is 294. The van der Waals surface area contributed by atoms with Crippen LogP contribution >= 0.6 is 0 Å². The Morgan fingerprint density at radius 3 is 2.44 bits per heavy atom. The van der Waals surface area contributed by atoms with Gasteiger partial charge in [0.05, 0.1) is 12.0 Å². The van der Waals surface area contributed by atoms with Gasteiger partial charge < -0.3 is 9.84 Å². The highest BCUT2D eigenvalue weighted by Crippen LogP contribution is 2.48. The molecule has 90 valence electrons. The molecule has 0 aromatic carbocycles. The normalized spacial score (nSPS) is 38.4.